The van der Waals surface area contributed by atoms with E-state index in [-0.39, 0.29) is 0 Å². The van der Waals surface area contributed by atoms with Gasteiger partial charge >= 0.3 is 0 Å². The van der Waals surface area contributed by atoms with Crippen LogP contribution in [0.3, 0.4) is 0 Å². The van der Waals surface area contributed by atoms with Crippen LogP contribution in [0.4, 0.5) is 0 Å². The predicted molar refractivity (Wildman–Crippen MR) is 223 cm³/mol. The average Bonchev–Trinajstić information content (AvgIpc) is 3.74. The van der Waals surface area contributed by atoms with Gasteiger partial charge in [-0.1, -0.05) is 200 Å². The summed E-state index contributed by atoms with van der Waals surface area (Å²) in [5.74, 6) is 1.93. The summed E-state index contributed by atoms with van der Waals surface area (Å²) in [5.41, 5.74) is 17.6. The molecular formula is C52H33N3. The molecule has 9 aromatic rings. The Hall–Kier alpha value is -7.23. The summed E-state index contributed by atoms with van der Waals surface area (Å²) >= 11 is 0. The van der Waals surface area contributed by atoms with Crippen molar-refractivity contribution in [1.82, 2.24) is 15.0 Å². The second-order valence-corrected chi connectivity index (χ2v) is 14.3. The Morgan fingerprint density at radius 3 is 1.18 bits per heavy atom. The molecule has 0 radical (unpaired) electrons. The van der Waals surface area contributed by atoms with Crippen molar-refractivity contribution in [3.8, 4) is 78.7 Å². The molecule has 8 aromatic carbocycles. The summed E-state index contributed by atoms with van der Waals surface area (Å²) in [5, 5.41) is 0. The van der Waals surface area contributed by atoms with E-state index in [0.29, 0.717) is 17.5 Å². The molecule has 0 saturated heterocycles. The van der Waals surface area contributed by atoms with Gasteiger partial charge in [-0.15, -0.1) is 0 Å². The maximum atomic E-state index is 5.16. The Morgan fingerprint density at radius 2 is 0.600 bits per heavy atom. The van der Waals surface area contributed by atoms with Crippen LogP contribution in [-0.2, 0) is 5.41 Å². The molecule has 0 aliphatic heterocycles. The highest BCUT2D eigenvalue weighted by atomic mass is 15.0. The van der Waals surface area contributed by atoms with Gasteiger partial charge in [0.1, 0.15) is 0 Å². The minimum atomic E-state index is -0.422. The van der Waals surface area contributed by atoms with Crippen LogP contribution < -0.4 is 0 Å². The van der Waals surface area contributed by atoms with Crippen molar-refractivity contribution >= 4 is 0 Å². The number of aromatic nitrogens is 3. The number of nitrogens with zero attached hydrogens (tertiary/aromatic N) is 3. The first-order valence-corrected chi connectivity index (χ1v) is 18.8. The zero-order chi connectivity index (χ0) is 36.3. The molecule has 11 rings (SSSR count). The van der Waals surface area contributed by atoms with Crippen LogP contribution in [0.1, 0.15) is 22.3 Å². The summed E-state index contributed by atoms with van der Waals surface area (Å²) in [6.07, 6.45) is 0. The maximum Gasteiger partial charge on any atom is 0.164 e. The summed E-state index contributed by atoms with van der Waals surface area (Å²) < 4.78 is 0. The second-order valence-electron chi connectivity index (χ2n) is 14.3. The summed E-state index contributed by atoms with van der Waals surface area (Å²) in [6.45, 7) is 0. The van der Waals surface area contributed by atoms with Crippen molar-refractivity contribution in [3.05, 3.63) is 222 Å². The number of rotatable bonds is 5. The van der Waals surface area contributed by atoms with Gasteiger partial charge in [-0.25, -0.2) is 15.0 Å². The van der Waals surface area contributed by atoms with E-state index in [0.717, 1.165) is 33.4 Å². The van der Waals surface area contributed by atoms with E-state index in [9.17, 15) is 0 Å². The Bertz CT molecular complexity index is 2850. The average molecular weight is 700 g/mol. The van der Waals surface area contributed by atoms with Crippen LogP contribution in [0.25, 0.3) is 78.7 Å². The van der Waals surface area contributed by atoms with Crippen molar-refractivity contribution in [3.63, 3.8) is 0 Å². The molecule has 55 heavy (non-hydrogen) atoms. The first-order valence-electron chi connectivity index (χ1n) is 18.8. The fourth-order valence-electron chi connectivity index (χ4n) is 9.08. The predicted octanol–water partition coefficient (Wildman–Crippen LogP) is 12.6. The lowest BCUT2D eigenvalue weighted by molar-refractivity contribution is 0.796. The Labute approximate surface area is 320 Å². The molecule has 3 nitrogen and oxygen atoms in total. The molecule has 256 valence electrons. The molecule has 2 aliphatic rings. The van der Waals surface area contributed by atoms with Crippen LogP contribution in [0, 0.1) is 0 Å². The third kappa shape index (κ3) is 4.73. The van der Waals surface area contributed by atoms with Crippen LogP contribution in [-0.4, -0.2) is 15.0 Å². The van der Waals surface area contributed by atoms with Crippen molar-refractivity contribution in [2.75, 3.05) is 0 Å². The van der Waals surface area contributed by atoms with Crippen LogP contribution in [0.5, 0.6) is 0 Å². The number of fused-ring (bicyclic) bond motifs is 10. The van der Waals surface area contributed by atoms with Gasteiger partial charge in [-0.3, -0.25) is 0 Å². The summed E-state index contributed by atoms with van der Waals surface area (Å²) in [4.78, 5) is 15.3. The molecule has 0 amide bonds. The Balaban J connectivity index is 1.08. The van der Waals surface area contributed by atoms with Gasteiger partial charge < -0.3 is 0 Å². The Morgan fingerprint density at radius 1 is 0.236 bits per heavy atom. The molecular weight excluding hydrogens is 667 g/mol. The fourth-order valence-corrected chi connectivity index (χ4v) is 9.08. The van der Waals surface area contributed by atoms with E-state index in [2.05, 4.69) is 170 Å². The zero-order valence-electron chi connectivity index (χ0n) is 29.9. The second kappa shape index (κ2) is 12.4. The van der Waals surface area contributed by atoms with E-state index >= 15 is 0 Å². The lowest BCUT2D eigenvalue weighted by Gasteiger charge is -2.32. The number of hydrogen-bond acceptors (Lipinski definition) is 3. The first kappa shape index (κ1) is 31.3. The maximum absolute atomic E-state index is 5.16. The Kier molecular flexibility index (Phi) is 7.08. The van der Waals surface area contributed by atoms with Crippen molar-refractivity contribution in [2.45, 2.75) is 5.41 Å². The fraction of sp³-hybridized carbons (Fsp3) is 0.0192. The van der Waals surface area contributed by atoms with Crippen molar-refractivity contribution < 1.29 is 0 Å². The van der Waals surface area contributed by atoms with Gasteiger partial charge in [0.15, 0.2) is 17.5 Å². The van der Waals surface area contributed by atoms with E-state index in [1.54, 1.807) is 0 Å². The minimum absolute atomic E-state index is 0.422. The molecule has 0 N–H and O–H groups in total. The highest BCUT2D eigenvalue weighted by Gasteiger charge is 2.52. The van der Waals surface area contributed by atoms with Crippen molar-refractivity contribution in [2.24, 2.45) is 0 Å². The third-order valence-electron chi connectivity index (χ3n) is 11.4. The highest BCUT2D eigenvalue weighted by Crippen LogP contribution is 2.64. The largest absolute Gasteiger partial charge is 0.208 e. The van der Waals surface area contributed by atoms with Crippen LogP contribution >= 0.6 is 0 Å². The quantitative estimate of drug-likeness (QED) is 0.179. The molecule has 1 spiro atoms. The molecule has 0 atom stereocenters. The minimum Gasteiger partial charge on any atom is -0.208 e. The summed E-state index contributed by atoms with van der Waals surface area (Å²) in [6, 6.07) is 71.5. The van der Waals surface area contributed by atoms with Crippen molar-refractivity contribution in [1.29, 1.82) is 0 Å². The topological polar surface area (TPSA) is 38.7 Å². The van der Waals surface area contributed by atoms with Gasteiger partial charge in [0.25, 0.3) is 0 Å². The summed E-state index contributed by atoms with van der Waals surface area (Å²) in [7, 11) is 0. The van der Waals surface area contributed by atoms with Gasteiger partial charge in [0.05, 0.1) is 5.41 Å². The van der Waals surface area contributed by atoms with Gasteiger partial charge in [-0.05, 0) is 66.8 Å². The molecule has 3 heteroatoms. The SMILES string of the molecule is c1ccc(-c2nc(-c3ccc(-c4cccc5c4C4(c6ccccc6-c6ccccc64)c4ccccc4-5)cc3)nc(-c3ccccc3-c3ccccc3)n2)cc1. The van der Waals surface area contributed by atoms with E-state index in [4.69, 9.17) is 15.0 Å². The van der Waals surface area contributed by atoms with Crippen LogP contribution in [0.2, 0.25) is 0 Å². The normalized spacial score (nSPS) is 12.9. The number of hydrogen-bond donors (Lipinski definition) is 0. The highest BCUT2D eigenvalue weighted by molar-refractivity contribution is 5.98. The van der Waals surface area contributed by atoms with E-state index < -0.39 is 5.41 Å². The van der Waals surface area contributed by atoms with Gasteiger partial charge in [-0.2, -0.15) is 0 Å². The van der Waals surface area contributed by atoms with Gasteiger partial charge in [0.2, 0.25) is 0 Å². The van der Waals surface area contributed by atoms with E-state index in [1.165, 1.54) is 50.1 Å². The first-order chi connectivity index (χ1) is 27.3. The standard InChI is InChI=1S/C52H33N3/c1-3-16-34(17-4-1)38-20-7-8-24-44(38)51-54-49(36-18-5-2-6-19-36)53-50(55-51)37-32-30-35(31-33-37)39-25-15-26-43-42-23-11-14-29-47(42)52(48(39)43)45-27-12-9-21-40(45)41-22-10-13-28-46(41)52/h1-33H. The monoisotopic (exact) mass is 699 g/mol. The van der Waals surface area contributed by atoms with Gasteiger partial charge in [0, 0.05) is 16.7 Å². The molecule has 0 unspecified atom stereocenters. The molecule has 1 aromatic heterocycles. The molecule has 0 fully saturated rings. The molecule has 0 saturated carbocycles. The molecule has 1 heterocycles. The zero-order valence-corrected chi connectivity index (χ0v) is 29.9. The van der Waals surface area contributed by atoms with Crippen LogP contribution in [0.15, 0.2) is 200 Å². The van der Waals surface area contributed by atoms with E-state index in [1.807, 2.05) is 30.3 Å². The number of benzene rings is 8. The lowest BCUT2D eigenvalue weighted by atomic mass is 9.68. The smallest absolute Gasteiger partial charge is 0.164 e. The lowest BCUT2D eigenvalue weighted by Crippen LogP contribution is -2.26. The third-order valence-corrected chi connectivity index (χ3v) is 11.4. The molecule has 0 bridgehead atoms. The molecule has 2 aliphatic carbocycles.